The molecule has 0 radical (unpaired) electrons. The van der Waals surface area contributed by atoms with E-state index in [0.717, 1.165) is 17.7 Å². The van der Waals surface area contributed by atoms with E-state index in [2.05, 4.69) is 0 Å². The Bertz CT molecular complexity index is 833. The number of aliphatic hydroxyl groups is 1. The summed E-state index contributed by atoms with van der Waals surface area (Å²) in [6, 6.07) is 11.8. The lowest BCUT2D eigenvalue weighted by atomic mass is 9.84. The molecule has 0 atom stereocenters. The summed E-state index contributed by atoms with van der Waals surface area (Å²) in [7, 11) is 0. The second-order valence-corrected chi connectivity index (χ2v) is 6.51. The zero-order valence-electron chi connectivity index (χ0n) is 14.5. The van der Waals surface area contributed by atoms with Crippen LogP contribution in [0.25, 0.3) is 0 Å². The van der Waals surface area contributed by atoms with Gasteiger partial charge in [0.15, 0.2) is 5.78 Å². The van der Waals surface area contributed by atoms with Gasteiger partial charge in [-0.15, -0.1) is 0 Å². The summed E-state index contributed by atoms with van der Waals surface area (Å²) < 4.78 is 32.1. The quantitative estimate of drug-likeness (QED) is 0.833. The van der Waals surface area contributed by atoms with Gasteiger partial charge in [-0.3, -0.25) is 4.79 Å². The summed E-state index contributed by atoms with van der Waals surface area (Å²) in [5.74, 6) is -2.62. The Labute approximate surface area is 155 Å². The third-order valence-electron chi connectivity index (χ3n) is 4.65. The molecule has 1 amide bonds. The van der Waals surface area contributed by atoms with Crippen LogP contribution in [0, 0.1) is 11.6 Å². The van der Waals surface area contributed by atoms with E-state index in [9.17, 15) is 23.5 Å². The highest BCUT2D eigenvalue weighted by Crippen LogP contribution is 2.28. The van der Waals surface area contributed by atoms with Crippen molar-refractivity contribution in [1.82, 2.24) is 4.90 Å². The van der Waals surface area contributed by atoms with E-state index in [4.69, 9.17) is 4.74 Å². The second kappa shape index (κ2) is 7.84. The van der Waals surface area contributed by atoms with Crippen LogP contribution in [0.1, 0.15) is 28.8 Å². The zero-order chi connectivity index (χ0) is 19.4. The number of likely N-dealkylation sites (tertiary alicyclic amines) is 1. The minimum absolute atomic E-state index is 0.0525. The molecule has 2 aromatic carbocycles. The van der Waals surface area contributed by atoms with E-state index in [1.807, 2.05) is 30.3 Å². The van der Waals surface area contributed by atoms with Crippen LogP contribution in [-0.4, -0.2) is 40.6 Å². The highest BCUT2D eigenvalue weighted by atomic mass is 19.1. The number of piperidine rings is 1. The van der Waals surface area contributed by atoms with Gasteiger partial charge in [0.1, 0.15) is 23.8 Å². The molecule has 1 aliphatic heterocycles. The summed E-state index contributed by atoms with van der Waals surface area (Å²) >= 11 is 0. The minimum atomic E-state index is -1.80. The highest BCUT2D eigenvalue weighted by molar-refractivity contribution is 6.02. The van der Waals surface area contributed by atoms with Crippen molar-refractivity contribution >= 4 is 11.9 Å². The predicted octanol–water partition coefficient (Wildman–Crippen LogP) is 3.31. The average Bonchev–Trinajstić information content (AvgIpc) is 2.67. The summed E-state index contributed by atoms with van der Waals surface area (Å²) in [5.41, 5.74) is -1.31. The first-order valence-electron chi connectivity index (χ1n) is 8.57. The molecule has 1 heterocycles. The number of Topliss-reactive ketones (excluding diaryl/α,β-unsaturated/α-hetero) is 1. The number of carbonyl (C=O) groups excluding carboxylic acids is 2. The molecule has 1 fully saturated rings. The normalized spacial score (nSPS) is 16.0. The Balaban J connectivity index is 1.58. The third-order valence-corrected chi connectivity index (χ3v) is 4.65. The number of ketones is 1. The first kappa shape index (κ1) is 19.0. The molecule has 0 aromatic heterocycles. The molecule has 0 bridgehead atoms. The molecule has 0 saturated carbocycles. The molecule has 0 unspecified atom stereocenters. The SMILES string of the molecule is O=C(OCc1ccccc1)N1CCC(O)(C(=O)c2ccc(F)cc2F)CC1. The Morgan fingerprint density at radius 2 is 1.74 bits per heavy atom. The van der Waals surface area contributed by atoms with Crippen LogP contribution >= 0.6 is 0 Å². The van der Waals surface area contributed by atoms with Crippen molar-refractivity contribution in [1.29, 1.82) is 0 Å². The molecule has 5 nitrogen and oxygen atoms in total. The van der Waals surface area contributed by atoms with Crippen molar-refractivity contribution in [2.75, 3.05) is 13.1 Å². The van der Waals surface area contributed by atoms with Crippen molar-refractivity contribution in [3.8, 4) is 0 Å². The van der Waals surface area contributed by atoms with E-state index >= 15 is 0 Å². The van der Waals surface area contributed by atoms with Gasteiger partial charge in [0.05, 0.1) is 5.56 Å². The van der Waals surface area contributed by atoms with Crippen LogP contribution in [0.3, 0.4) is 0 Å². The Morgan fingerprint density at radius 1 is 1.07 bits per heavy atom. The van der Waals surface area contributed by atoms with Crippen LogP contribution in [0.2, 0.25) is 0 Å². The summed E-state index contributed by atoms with van der Waals surface area (Å²) in [4.78, 5) is 26.0. The van der Waals surface area contributed by atoms with E-state index < -0.39 is 29.1 Å². The van der Waals surface area contributed by atoms with E-state index in [-0.39, 0.29) is 38.1 Å². The van der Waals surface area contributed by atoms with Gasteiger partial charge in [-0.05, 0) is 17.7 Å². The van der Waals surface area contributed by atoms with Gasteiger partial charge in [0.2, 0.25) is 0 Å². The number of hydrogen-bond donors (Lipinski definition) is 1. The van der Waals surface area contributed by atoms with Crippen LogP contribution in [-0.2, 0) is 11.3 Å². The lowest BCUT2D eigenvalue weighted by Crippen LogP contribution is -2.51. The van der Waals surface area contributed by atoms with E-state index in [0.29, 0.717) is 6.07 Å². The van der Waals surface area contributed by atoms with E-state index in [1.165, 1.54) is 4.90 Å². The van der Waals surface area contributed by atoms with E-state index in [1.54, 1.807) is 0 Å². The average molecular weight is 375 g/mol. The van der Waals surface area contributed by atoms with Crippen molar-refractivity contribution in [3.63, 3.8) is 0 Å². The number of halogens is 2. The fraction of sp³-hybridized carbons (Fsp3) is 0.300. The molecule has 7 heteroatoms. The number of hydrogen-bond acceptors (Lipinski definition) is 4. The number of ether oxygens (including phenoxy) is 1. The summed E-state index contributed by atoms with van der Waals surface area (Å²) in [6.45, 7) is 0.317. The Morgan fingerprint density at radius 3 is 2.37 bits per heavy atom. The molecule has 0 aliphatic carbocycles. The first-order valence-corrected chi connectivity index (χ1v) is 8.57. The molecular formula is C20H19F2NO4. The molecule has 1 aliphatic rings. The van der Waals surface area contributed by atoms with Crippen LogP contribution in [0.15, 0.2) is 48.5 Å². The topological polar surface area (TPSA) is 66.8 Å². The Kier molecular flexibility index (Phi) is 5.51. The molecule has 142 valence electrons. The molecule has 0 spiro atoms. The lowest BCUT2D eigenvalue weighted by molar-refractivity contribution is -0.00796. The van der Waals surface area contributed by atoms with Crippen LogP contribution < -0.4 is 0 Å². The maximum atomic E-state index is 13.8. The zero-order valence-corrected chi connectivity index (χ0v) is 14.5. The minimum Gasteiger partial charge on any atom is -0.445 e. The fourth-order valence-electron chi connectivity index (χ4n) is 3.02. The number of rotatable bonds is 4. The lowest BCUT2D eigenvalue weighted by Gasteiger charge is -2.36. The van der Waals surface area contributed by atoms with Crippen LogP contribution in [0.4, 0.5) is 13.6 Å². The smallest absolute Gasteiger partial charge is 0.410 e. The molecule has 2 aromatic rings. The van der Waals surface area contributed by atoms with Crippen LogP contribution in [0.5, 0.6) is 0 Å². The summed E-state index contributed by atoms with van der Waals surface area (Å²) in [6.07, 6.45) is -0.645. The molecular weight excluding hydrogens is 356 g/mol. The maximum Gasteiger partial charge on any atom is 0.410 e. The Hall–Kier alpha value is -2.80. The van der Waals surface area contributed by atoms with Gasteiger partial charge in [-0.25, -0.2) is 13.6 Å². The standard InChI is InChI=1S/C20H19F2NO4/c21-15-6-7-16(17(22)12-15)18(24)20(26)8-10-23(11-9-20)19(25)27-13-14-4-2-1-3-5-14/h1-7,12,26H,8-11,13H2. The molecule has 27 heavy (non-hydrogen) atoms. The van der Waals surface area contributed by atoms with Crippen molar-refractivity contribution < 1.29 is 28.2 Å². The van der Waals surface area contributed by atoms with Gasteiger partial charge in [0.25, 0.3) is 0 Å². The molecule has 3 rings (SSSR count). The third kappa shape index (κ3) is 4.31. The van der Waals surface area contributed by atoms with Gasteiger partial charge < -0.3 is 14.7 Å². The second-order valence-electron chi connectivity index (χ2n) is 6.51. The van der Waals surface area contributed by atoms with Gasteiger partial charge in [0, 0.05) is 32.0 Å². The monoisotopic (exact) mass is 375 g/mol. The molecule has 1 saturated heterocycles. The fourth-order valence-corrected chi connectivity index (χ4v) is 3.02. The number of carbonyl (C=O) groups is 2. The number of amides is 1. The number of benzene rings is 2. The van der Waals surface area contributed by atoms with Gasteiger partial charge in [-0.2, -0.15) is 0 Å². The van der Waals surface area contributed by atoms with Crippen molar-refractivity contribution in [3.05, 3.63) is 71.3 Å². The number of nitrogens with zero attached hydrogens (tertiary/aromatic N) is 1. The highest BCUT2D eigenvalue weighted by Gasteiger charge is 2.42. The first-order chi connectivity index (χ1) is 12.9. The maximum absolute atomic E-state index is 13.8. The largest absolute Gasteiger partial charge is 0.445 e. The predicted molar refractivity (Wildman–Crippen MR) is 93.1 cm³/mol. The van der Waals surface area contributed by atoms with Gasteiger partial charge in [-0.1, -0.05) is 30.3 Å². The van der Waals surface area contributed by atoms with Crippen molar-refractivity contribution in [2.24, 2.45) is 0 Å². The molecule has 1 N–H and O–H groups in total. The summed E-state index contributed by atoms with van der Waals surface area (Å²) in [5, 5.41) is 10.6. The van der Waals surface area contributed by atoms with Gasteiger partial charge >= 0.3 is 6.09 Å². The van der Waals surface area contributed by atoms with Crippen molar-refractivity contribution in [2.45, 2.75) is 25.0 Å².